The van der Waals surface area contributed by atoms with E-state index in [0.29, 0.717) is 12.4 Å². The lowest BCUT2D eigenvalue weighted by atomic mass is 10.3. The minimum Gasteiger partial charge on any atom is -0.488 e. The van der Waals surface area contributed by atoms with Gasteiger partial charge in [-0.25, -0.2) is 8.42 Å². The summed E-state index contributed by atoms with van der Waals surface area (Å²) in [5.74, 6) is 0.424. The van der Waals surface area contributed by atoms with E-state index in [0.717, 1.165) is 5.57 Å². The lowest BCUT2D eigenvalue weighted by Crippen LogP contribution is -1.96. The molecule has 0 saturated heterocycles. The topological polar surface area (TPSA) is 43.4 Å². The average molecular weight is 295 g/mol. The number of hydrogen-bond acceptors (Lipinski definition) is 3. The summed E-state index contributed by atoms with van der Waals surface area (Å²) in [4.78, 5) is -0.0428. The first-order chi connectivity index (χ1) is 7.80. The Balaban J connectivity index is 2.88. The van der Waals surface area contributed by atoms with Crippen LogP contribution in [0.4, 0.5) is 0 Å². The molecular formula is C11H12Cl2O3S. The van der Waals surface area contributed by atoms with E-state index < -0.39 is 9.05 Å². The highest BCUT2D eigenvalue weighted by molar-refractivity contribution is 8.13. The van der Waals surface area contributed by atoms with Gasteiger partial charge in [0.15, 0.2) is 0 Å². The average Bonchev–Trinajstić information content (AvgIpc) is 2.18. The first-order valence-electron chi connectivity index (χ1n) is 4.81. The molecule has 0 aliphatic carbocycles. The fourth-order valence-electron chi connectivity index (χ4n) is 1.05. The molecule has 1 aromatic carbocycles. The molecule has 0 fully saturated rings. The number of hydrogen-bond donors (Lipinski definition) is 0. The number of rotatable bonds is 4. The van der Waals surface area contributed by atoms with Crippen molar-refractivity contribution in [3.8, 4) is 5.75 Å². The Kier molecular flexibility index (Phi) is 4.86. The van der Waals surface area contributed by atoms with Gasteiger partial charge in [-0.2, -0.15) is 0 Å². The highest BCUT2D eigenvalue weighted by Crippen LogP contribution is 2.28. The molecule has 17 heavy (non-hydrogen) atoms. The Hall–Kier alpha value is -0.710. The summed E-state index contributed by atoms with van der Waals surface area (Å²) in [5.41, 5.74) is 1.13. The van der Waals surface area contributed by atoms with Crippen LogP contribution < -0.4 is 4.74 Å². The molecule has 0 aromatic heterocycles. The van der Waals surface area contributed by atoms with Crippen molar-refractivity contribution in [3.05, 3.63) is 34.9 Å². The number of halogens is 2. The molecule has 0 aliphatic heterocycles. The number of allylic oxidation sites excluding steroid dienone is 1. The van der Waals surface area contributed by atoms with Crippen molar-refractivity contribution >= 4 is 31.3 Å². The van der Waals surface area contributed by atoms with Crippen LogP contribution in [0.5, 0.6) is 5.75 Å². The summed E-state index contributed by atoms with van der Waals surface area (Å²) < 4.78 is 27.5. The van der Waals surface area contributed by atoms with Crippen molar-refractivity contribution in [3.63, 3.8) is 0 Å². The molecule has 0 unspecified atom stereocenters. The molecule has 1 rings (SSSR count). The van der Waals surface area contributed by atoms with E-state index in [9.17, 15) is 8.42 Å². The van der Waals surface area contributed by atoms with Crippen molar-refractivity contribution in [2.24, 2.45) is 0 Å². The normalized spacial score (nSPS) is 11.1. The van der Waals surface area contributed by atoms with Crippen molar-refractivity contribution < 1.29 is 13.2 Å². The van der Waals surface area contributed by atoms with Crippen LogP contribution in [0.2, 0.25) is 5.02 Å². The van der Waals surface area contributed by atoms with Gasteiger partial charge >= 0.3 is 0 Å². The van der Waals surface area contributed by atoms with E-state index in [2.05, 4.69) is 0 Å². The second kappa shape index (κ2) is 5.76. The molecule has 0 N–H and O–H groups in total. The lowest BCUT2D eigenvalue weighted by Gasteiger charge is -2.06. The van der Waals surface area contributed by atoms with Crippen LogP contribution in [-0.2, 0) is 9.05 Å². The molecule has 0 heterocycles. The van der Waals surface area contributed by atoms with Gasteiger partial charge in [-0.3, -0.25) is 0 Å². The fourth-order valence-corrected chi connectivity index (χ4v) is 2.13. The Labute approximate surface area is 110 Å². The van der Waals surface area contributed by atoms with Crippen LogP contribution in [0.3, 0.4) is 0 Å². The van der Waals surface area contributed by atoms with Crippen molar-refractivity contribution in [1.82, 2.24) is 0 Å². The van der Waals surface area contributed by atoms with Gasteiger partial charge < -0.3 is 4.74 Å². The molecule has 0 bridgehead atoms. The molecular weight excluding hydrogens is 283 g/mol. The predicted molar refractivity (Wildman–Crippen MR) is 69.4 cm³/mol. The maximum absolute atomic E-state index is 11.1. The first kappa shape index (κ1) is 14.4. The zero-order valence-electron chi connectivity index (χ0n) is 9.41. The highest BCUT2D eigenvalue weighted by atomic mass is 35.7. The van der Waals surface area contributed by atoms with Gasteiger partial charge in [0.1, 0.15) is 12.4 Å². The van der Waals surface area contributed by atoms with E-state index in [1.165, 1.54) is 18.2 Å². The van der Waals surface area contributed by atoms with Gasteiger partial charge in [0.05, 0.1) is 9.92 Å². The second-order valence-electron chi connectivity index (χ2n) is 3.62. The van der Waals surface area contributed by atoms with Crippen molar-refractivity contribution in [1.29, 1.82) is 0 Å². The maximum atomic E-state index is 11.1. The Morgan fingerprint density at radius 3 is 2.53 bits per heavy atom. The summed E-state index contributed by atoms with van der Waals surface area (Å²) >= 11 is 5.88. The summed E-state index contributed by atoms with van der Waals surface area (Å²) in [6.45, 7) is 4.29. The summed E-state index contributed by atoms with van der Waals surface area (Å²) in [6, 6.07) is 4.10. The van der Waals surface area contributed by atoms with Gasteiger partial charge in [-0.1, -0.05) is 17.2 Å². The van der Waals surface area contributed by atoms with Gasteiger partial charge in [0.25, 0.3) is 9.05 Å². The van der Waals surface area contributed by atoms with Crippen LogP contribution in [0, 0.1) is 0 Å². The molecule has 0 atom stereocenters. The number of benzene rings is 1. The third kappa shape index (κ3) is 4.58. The molecule has 0 aliphatic rings. The number of ether oxygens (including phenoxy) is 1. The summed E-state index contributed by atoms with van der Waals surface area (Å²) in [6.07, 6.45) is 1.89. The standard InChI is InChI=1S/C11H12Cl2O3S/c1-8(2)5-6-16-11-4-3-9(7-10(11)12)17(13,14)15/h3-5,7H,6H2,1-2H3. The second-order valence-corrected chi connectivity index (χ2v) is 6.60. The fraction of sp³-hybridized carbons (Fsp3) is 0.273. The Morgan fingerprint density at radius 2 is 2.06 bits per heavy atom. The molecule has 0 spiro atoms. The van der Waals surface area contributed by atoms with Gasteiger partial charge in [-0.05, 0) is 38.1 Å². The monoisotopic (exact) mass is 294 g/mol. The van der Waals surface area contributed by atoms with Crippen molar-refractivity contribution in [2.75, 3.05) is 6.61 Å². The minimum atomic E-state index is -3.76. The van der Waals surface area contributed by atoms with E-state index in [1.54, 1.807) is 0 Å². The summed E-state index contributed by atoms with van der Waals surface area (Å²) in [7, 11) is 1.44. The Morgan fingerprint density at radius 1 is 1.41 bits per heavy atom. The van der Waals surface area contributed by atoms with Crippen LogP contribution in [0.1, 0.15) is 13.8 Å². The molecule has 0 radical (unpaired) electrons. The quantitative estimate of drug-likeness (QED) is 0.629. The lowest BCUT2D eigenvalue weighted by molar-refractivity contribution is 0.362. The van der Waals surface area contributed by atoms with E-state index >= 15 is 0 Å². The van der Waals surface area contributed by atoms with Gasteiger partial charge in [0.2, 0.25) is 0 Å². The van der Waals surface area contributed by atoms with Gasteiger partial charge in [-0.15, -0.1) is 0 Å². The molecule has 1 aromatic rings. The SMILES string of the molecule is CC(C)=CCOc1ccc(S(=O)(=O)Cl)cc1Cl. The Bertz CT molecular complexity index is 532. The minimum absolute atomic E-state index is 0.0428. The van der Waals surface area contributed by atoms with E-state index in [1.807, 2.05) is 19.9 Å². The molecule has 0 saturated carbocycles. The molecule has 0 amide bonds. The molecule has 94 valence electrons. The van der Waals surface area contributed by atoms with Crippen LogP contribution in [0.25, 0.3) is 0 Å². The maximum Gasteiger partial charge on any atom is 0.261 e. The summed E-state index contributed by atoms with van der Waals surface area (Å²) in [5, 5.41) is 0.217. The van der Waals surface area contributed by atoms with E-state index in [4.69, 9.17) is 27.0 Å². The zero-order valence-corrected chi connectivity index (χ0v) is 11.7. The largest absolute Gasteiger partial charge is 0.488 e. The van der Waals surface area contributed by atoms with Crippen LogP contribution in [0.15, 0.2) is 34.7 Å². The smallest absolute Gasteiger partial charge is 0.261 e. The van der Waals surface area contributed by atoms with Gasteiger partial charge in [0, 0.05) is 10.7 Å². The van der Waals surface area contributed by atoms with Crippen molar-refractivity contribution in [2.45, 2.75) is 18.7 Å². The predicted octanol–water partition coefficient (Wildman–Crippen LogP) is 3.61. The van der Waals surface area contributed by atoms with E-state index in [-0.39, 0.29) is 9.92 Å². The third-order valence-corrected chi connectivity index (χ3v) is 3.56. The van der Waals surface area contributed by atoms with Crippen LogP contribution in [-0.4, -0.2) is 15.0 Å². The highest BCUT2D eigenvalue weighted by Gasteiger charge is 2.12. The molecule has 3 nitrogen and oxygen atoms in total. The third-order valence-electron chi connectivity index (χ3n) is 1.92. The molecule has 6 heteroatoms. The first-order valence-corrected chi connectivity index (χ1v) is 7.50. The van der Waals surface area contributed by atoms with Crippen LogP contribution >= 0.6 is 22.3 Å². The zero-order chi connectivity index (χ0) is 13.1.